The summed E-state index contributed by atoms with van der Waals surface area (Å²) < 4.78 is 37.8. The van der Waals surface area contributed by atoms with Crippen LogP contribution in [0.25, 0.3) is 0 Å². The molecule has 0 aliphatic rings. The van der Waals surface area contributed by atoms with Gasteiger partial charge in [0, 0.05) is 11.6 Å². The first kappa shape index (κ1) is 21.4. The number of carbonyl (C=O) groups is 1. The quantitative estimate of drug-likeness (QED) is 0.310. The number of halogens is 2. The predicted molar refractivity (Wildman–Crippen MR) is 97.5 cm³/mol. The maximum atomic E-state index is 13.4. The van der Waals surface area contributed by atoms with Crippen LogP contribution in [0.4, 0.5) is 8.78 Å². The first-order chi connectivity index (χ1) is 11.5. The topological polar surface area (TPSA) is 47.9 Å². The molecule has 0 atom stereocenters. The zero-order chi connectivity index (χ0) is 19.3. The lowest BCUT2D eigenvalue weighted by Gasteiger charge is -2.35. The van der Waals surface area contributed by atoms with E-state index in [1.54, 1.807) is 6.92 Å². The molecule has 0 amide bonds. The summed E-state index contributed by atoms with van der Waals surface area (Å²) in [7, 11) is -1.92. The summed E-state index contributed by atoms with van der Waals surface area (Å²) in [4.78, 5) is 16.3. The third-order valence-electron chi connectivity index (χ3n) is 4.24. The van der Waals surface area contributed by atoms with Crippen molar-refractivity contribution >= 4 is 20.0 Å². The number of aliphatic imine (C=N–C) groups is 1. The monoisotopic (exact) mass is 371 g/mol. The molecule has 0 aromatic heterocycles. The highest BCUT2D eigenvalue weighted by Gasteiger charge is 2.36. The third-order valence-corrected chi connectivity index (χ3v) is 8.77. The fourth-order valence-corrected chi connectivity index (χ4v) is 2.87. The summed E-state index contributed by atoms with van der Waals surface area (Å²) in [6.07, 6.45) is 0. The summed E-state index contributed by atoms with van der Waals surface area (Å²) in [6.45, 7) is 13.0. The van der Waals surface area contributed by atoms with E-state index in [1.165, 1.54) is 0 Å². The van der Waals surface area contributed by atoms with E-state index in [0.29, 0.717) is 6.61 Å². The highest BCUT2D eigenvalue weighted by atomic mass is 28.4. The number of benzene rings is 1. The highest BCUT2D eigenvalue weighted by molar-refractivity contribution is 6.74. The maximum absolute atomic E-state index is 13.4. The normalized spacial score (nSPS) is 13.0. The molecule has 0 aliphatic heterocycles. The van der Waals surface area contributed by atoms with E-state index in [2.05, 4.69) is 38.9 Å². The molecule has 0 saturated heterocycles. The van der Waals surface area contributed by atoms with Gasteiger partial charge in [-0.3, -0.25) is 4.99 Å². The van der Waals surface area contributed by atoms with Crippen molar-refractivity contribution in [3.8, 4) is 0 Å². The van der Waals surface area contributed by atoms with E-state index in [-0.39, 0.29) is 29.5 Å². The third kappa shape index (κ3) is 6.32. The van der Waals surface area contributed by atoms with E-state index < -0.39 is 25.9 Å². The van der Waals surface area contributed by atoms with Crippen LogP contribution in [0.3, 0.4) is 0 Å². The van der Waals surface area contributed by atoms with Gasteiger partial charge in [-0.1, -0.05) is 20.8 Å². The molecule has 0 aliphatic carbocycles. The molecule has 1 aromatic carbocycles. The van der Waals surface area contributed by atoms with Crippen LogP contribution in [0.1, 0.15) is 33.3 Å². The maximum Gasteiger partial charge on any atom is 0.357 e. The minimum Gasteiger partial charge on any atom is -0.461 e. The minimum absolute atomic E-state index is 0.0586. The standard InChI is InChI=1S/C18H27F2NO3Si/c1-7-23-17(22)16(13-10-14(19)12-15(20)11-13)21-8-9-24-25(5,6)18(2,3)4/h10-12H,7-9H2,1-6H3. The zero-order valence-electron chi connectivity index (χ0n) is 15.8. The molecule has 0 radical (unpaired) electrons. The van der Waals surface area contributed by atoms with Crippen LogP contribution in [-0.4, -0.2) is 39.8 Å². The molecule has 0 fully saturated rings. The molecule has 1 aromatic rings. The Morgan fingerprint density at radius 2 is 1.72 bits per heavy atom. The van der Waals surface area contributed by atoms with Crippen molar-refractivity contribution in [3.63, 3.8) is 0 Å². The average Bonchev–Trinajstić information content (AvgIpc) is 2.44. The van der Waals surface area contributed by atoms with E-state index >= 15 is 0 Å². The summed E-state index contributed by atoms with van der Waals surface area (Å²) in [6, 6.07) is 2.87. The second-order valence-corrected chi connectivity index (χ2v) is 12.0. The lowest BCUT2D eigenvalue weighted by Crippen LogP contribution is -2.41. The number of rotatable bonds is 7. The number of esters is 1. The van der Waals surface area contributed by atoms with Gasteiger partial charge >= 0.3 is 5.97 Å². The first-order valence-corrected chi connectivity index (χ1v) is 11.2. The van der Waals surface area contributed by atoms with Crippen molar-refractivity contribution in [1.82, 2.24) is 0 Å². The Morgan fingerprint density at radius 3 is 2.20 bits per heavy atom. The molecule has 25 heavy (non-hydrogen) atoms. The fourth-order valence-electron chi connectivity index (χ4n) is 1.84. The van der Waals surface area contributed by atoms with Crippen LogP contribution in [-0.2, 0) is 14.0 Å². The molecule has 7 heteroatoms. The number of carbonyl (C=O) groups excluding carboxylic acids is 1. The fraction of sp³-hybridized carbons (Fsp3) is 0.556. The van der Waals surface area contributed by atoms with Gasteiger partial charge in [0.05, 0.1) is 19.8 Å². The molecule has 0 unspecified atom stereocenters. The first-order valence-electron chi connectivity index (χ1n) is 8.30. The van der Waals surface area contributed by atoms with Gasteiger partial charge in [0.2, 0.25) is 0 Å². The van der Waals surface area contributed by atoms with Crippen LogP contribution >= 0.6 is 0 Å². The van der Waals surface area contributed by atoms with Gasteiger partial charge in [-0.2, -0.15) is 0 Å². The van der Waals surface area contributed by atoms with Crippen molar-refractivity contribution in [3.05, 3.63) is 35.4 Å². The second-order valence-electron chi connectivity index (χ2n) is 7.22. The number of nitrogens with zero attached hydrogens (tertiary/aromatic N) is 1. The molecular formula is C18H27F2NO3Si. The van der Waals surface area contributed by atoms with E-state index in [0.717, 1.165) is 18.2 Å². The number of hydrogen-bond acceptors (Lipinski definition) is 4. The Balaban J connectivity index is 2.94. The molecular weight excluding hydrogens is 344 g/mol. The largest absolute Gasteiger partial charge is 0.461 e. The lowest BCUT2D eigenvalue weighted by atomic mass is 10.1. The molecule has 140 valence electrons. The smallest absolute Gasteiger partial charge is 0.357 e. The molecule has 0 N–H and O–H groups in total. The van der Waals surface area contributed by atoms with Crippen molar-refractivity contribution in [2.75, 3.05) is 19.8 Å². The van der Waals surface area contributed by atoms with E-state index in [1.807, 2.05) is 0 Å². The van der Waals surface area contributed by atoms with Crippen molar-refractivity contribution in [2.45, 2.75) is 45.8 Å². The molecule has 0 bridgehead atoms. The number of ether oxygens (including phenoxy) is 1. The van der Waals surface area contributed by atoms with Crippen molar-refractivity contribution < 1.29 is 22.7 Å². The minimum atomic E-state index is -1.92. The summed E-state index contributed by atoms with van der Waals surface area (Å²) in [5, 5.41) is 0.0619. The summed E-state index contributed by atoms with van der Waals surface area (Å²) in [5.74, 6) is -2.26. The second kappa shape index (κ2) is 8.67. The average molecular weight is 372 g/mol. The van der Waals surface area contributed by atoms with Gasteiger partial charge in [-0.05, 0) is 37.2 Å². The molecule has 0 heterocycles. The molecule has 0 saturated carbocycles. The lowest BCUT2D eigenvalue weighted by molar-refractivity contribution is -0.134. The molecule has 1 rings (SSSR count). The van der Waals surface area contributed by atoms with Crippen LogP contribution in [0.15, 0.2) is 23.2 Å². The van der Waals surface area contributed by atoms with E-state index in [4.69, 9.17) is 9.16 Å². The summed E-state index contributed by atoms with van der Waals surface area (Å²) in [5.41, 5.74) is -0.0395. The van der Waals surface area contributed by atoms with Gasteiger partial charge in [-0.25, -0.2) is 13.6 Å². The van der Waals surface area contributed by atoms with Crippen LogP contribution in [0, 0.1) is 11.6 Å². The molecule has 0 spiro atoms. The Labute approximate surface area is 149 Å². The van der Waals surface area contributed by atoms with Gasteiger partial charge in [0.25, 0.3) is 0 Å². The van der Waals surface area contributed by atoms with E-state index in [9.17, 15) is 13.6 Å². The summed E-state index contributed by atoms with van der Waals surface area (Å²) >= 11 is 0. The van der Waals surface area contributed by atoms with Crippen LogP contribution < -0.4 is 0 Å². The van der Waals surface area contributed by atoms with Gasteiger partial charge in [0.15, 0.2) is 14.0 Å². The Kier molecular flexibility index (Phi) is 7.43. The molecule has 4 nitrogen and oxygen atoms in total. The number of hydrogen-bond donors (Lipinski definition) is 0. The Hall–Kier alpha value is -1.60. The Morgan fingerprint density at radius 1 is 1.16 bits per heavy atom. The van der Waals surface area contributed by atoms with Crippen molar-refractivity contribution in [1.29, 1.82) is 0 Å². The van der Waals surface area contributed by atoms with Crippen molar-refractivity contribution in [2.24, 2.45) is 4.99 Å². The zero-order valence-corrected chi connectivity index (χ0v) is 16.8. The van der Waals surface area contributed by atoms with Crippen LogP contribution in [0.2, 0.25) is 18.1 Å². The van der Waals surface area contributed by atoms with Gasteiger partial charge in [-0.15, -0.1) is 0 Å². The van der Waals surface area contributed by atoms with Gasteiger partial charge in [0.1, 0.15) is 11.6 Å². The predicted octanol–water partition coefficient (Wildman–Crippen LogP) is 4.34. The van der Waals surface area contributed by atoms with Gasteiger partial charge < -0.3 is 9.16 Å². The highest BCUT2D eigenvalue weighted by Crippen LogP contribution is 2.36. The SMILES string of the molecule is CCOC(=O)C(=NCCO[Si](C)(C)C(C)(C)C)c1cc(F)cc(F)c1. The van der Waals surface area contributed by atoms with Crippen LogP contribution in [0.5, 0.6) is 0 Å². The Bertz CT molecular complexity index is 619.